The summed E-state index contributed by atoms with van der Waals surface area (Å²) >= 11 is 14.0. The first-order chi connectivity index (χ1) is 22.9. The lowest BCUT2D eigenvalue weighted by atomic mass is 9.98. The highest BCUT2D eigenvalue weighted by molar-refractivity contribution is 6.39. The molecule has 1 aliphatic rings. The number of amides is 1. The molecule has 47 heavy (non-hydrogen) atoms. The number of hydrogen-bond donors (Lipinski definition) is 3. The highest BCUT2D eigenvalue weighted by atomic mass is 35.5. The number of ether oxygens (including phenoxy) is 2. The SMILES string of the molecule is COc1nc(-c2cccc(-c3cccc(-c4cnc(CNC(CO)CCF)c(OC)n4)c3Cl)c2Cl)cnc1CCC[C@@H]1CCC(=O)N1. The number of benzene rings is 2. The highest BCUT2D eigenvalue weighted by Gasteiger charge is 2.22. The number of carbonyl (C=O) groups is 1. The van der Waals surface area contributed by atoms with Crippen molar-refractivity contribution < 1.29 is 23.8 Å². The third-order valence-electron chi connectivity index (χ3n) is 8.14. The highest BCUT2D eigenvalue weighted by Crippen LogP contribution is 2.42. The number of nitrogens with one attached hydrogen (secondary N) is 2. The van der Waals surface area contributed by atoms with Crippen molar-refractivity contribution in [3.8, 4) is 45.4 Å². The van der Waals surface area contributed by atoms with E-state index in [1.54, 1.807) is 19.5 Å². The van der Waals surface area contributed by atoms with Crippen molar-refractivity contribution in [3.05, 3.63) is 70.2 Å². The number of aliphatic hydroxyl groups excluding tert-OH is 1. The monoisotopic (exact) mass is 682 g/mol. The van der Waals surface area contributed by atoms with Crippen LogP contribution in [-0.4, -0.2) is 70.5 Å². The van der Waals surface area contributed by atoms with Crippen molar-refractivity contribution >= 4 is 29.1 Å². The van der Waals surface area contributed by atoms with Gasteiger partial charge in [0, 0.05) is 47.3 Å². The summed E-state index contributed by atoms with van der Waals surface area (Å²) in [6.45, 7) is -0.495. The topological polar surface area (TPSA) is 131 Å². The van der Waals surface area contributed by atoms with Gasteiger partial charge in [-0.3, -0.25) is 19.2 Å². The molecule has 0 bridgehead atoms. The summed E-state index contributed by atoms with van der Waals surface area (Å²) in [4.78, 5) is 30.1. The van der Waals surface area contributed by atoms with Crippen LogP contribution in [0.4, 0.5) is 4.39 Å². The van der Waals surface area contributed by atoms with Crippen LogP contribution in [0, 0.1) is 0 Å². The van der Waals surface area contributed by atoms with Crippen LogP contribution in [0.15, 0.2) is 48.8 Å². The van der Waals surface area contributed by atoms with Gasteiger partial charge >= 0.3 is 0 Å². The second-order valence-corrected chi connectivity index (χ2v) is 11.9. The molecule has 13 heteroatoms. The molecule has 248 valence electrons. The van der Waals surface area contributed by atoms with Crippen molar-refractivity contribution in [3.63, 3.8) is 0 Å². The Kier molecular flexibility index (Phi) is 11.9. The largest absolute Gasteiger partial charge is 0.480 e. The number of aromatic nitrogens is 4. The van der Waals surface area contributed by atoms with E-state index in [0.29, 0.717) is 68.1 Å². The van der Waals surface area contributed by atoms with E-state index in [1.165, 1.54) is 7.11 Å². The predicted octanol–water partition coefficient (Wildman–Crippen LogP) is 6.00. The number of carbonyl (C=O) groups excluding carboxylic acids is 1. The van der Waals surface area contributed by atoms with Crippen LogP contribution in [-0.2, 0) is 17.8 Å². The van der Waals surface area contributed by atoms with Gasteiger partial charge in [0.25, 0.3) is 0 Å². The molecule has 10 nitrogen and oxygen atoms in total. The number of alkyl halides is 1. The maximum absolute atomic E-state index is 12.8. The van der Waals surface area contributed by atoms with E-state index in [4.69, 9.17) is 37.7 Å². The van der Waals surface area contributed by atoms with Gasteiger partial charge in [0.1, 0.15) is 11.4 Å². The van der Waals surface area contributed by atoms with E-state index in [9.17, 15) is 14.3 Å². The maximum Gasteiger partial charge on any atom is 0.237 e. The quantitative estimate of drug-likeness (QED) is 0.138. The lowest BCUT2D eigenvalue weighted by Gasteiger charge is -2.16. The Labute approximate surface area is 283 Å². The second kappa shape index (κ2) is 16.3. The summed E-state index contributed by atoms with van der Waals surface area (Å²) < 4.78 is 23.8. The molecule has 0 radical (unpaired) electrons. The standard InChI is InChI=1S/C34H37Cl2FN6O4/c1-46-33-26(11-3-6-20-12-13-30(45)41-20)39-16-27(42-33)24-9-4-7-22(31(24)35)23-8-5-10-25(32(23)36)28-17-40-29(34(43-28)47-2)18-38-21(19-44)14-15-37/h4-5,7-10,16-17,20-21,38,44H,3,6,11-15,18-19H2,1-2H3,(H,41,45)/t20-,21?/m1/s1. The van der Waals surface area contributed by atoms with Crippen LogP contribution in [0.3, 0.4) is 0 Å². The molecule has 2 atom stereocenters. The number of methoxy groups -OCH3 is 2. The van der Waals surface area contributed by atoms with Gasteiger partial charge in [-0.1, -0.05) is 59.6 Å². The van der Waals surface area contributed by atoms with E-state index in [0.717, 1.165) is 25.0 Å². The average molecular weight is 684 g/mol. The van der Waals surface area contributed by atoms with Crippen molar-refractivity contribution in [1.82, 2.24) is 30.6 Å². The number of aliphatic hydroxyl groups is 1. The Bertz CT molecular complexity index is 1710. The number of halogens is 3. The smallest absolute Gasteiger partial charge is 0.237 e. The van der Waals surface area contributed by atoms with Crippen molar-refractivity contribution in [2.45, 2.75) is 57.2 Å². The summed E-state index contributed by atoms with van der Waals surface area (Å²) in [6, 6.07) is 11.0. The molecular formula is C34H37Cl2FN6O4. The zero-order valence-corrected chi connectivity index (χ0v) is 27.7. The van der Waals surface area contributed by atoms with Crippen LogP contribution in [0.25, 0.3) is 33.6 Å². The van der Waals surface area contributed by atoms with Gasteiger partial charge in [0.2, 0.25) is 17.7 Å². The summed E-state index contributed by atoms with van der Waals surface area (Å²) in [6.07, 6.45) is 7.32. The van der Waals surface area contributed by atoms with E-state index >= 15 is 0 Å². The Hall–Kier alpha value is -3.90. The average Bonchev–Trinajstić information content (AvgIpc) is 3.51. The van der Waals surface area contributed by atoms with E-state index < -0.39 is 12.7 Å². The molecule has 1 saturated heterocycles. The van der Waals surface area contributed by atoms with E-state index in [2.05, 4.69) is 25.6 Å². The van der Waals surface area contributed by atoms with Crippen LogP contribution < -0.4 is 20.1 Å². The molecule has 0 aliphatic carbocycles. The number of rotatable bonds is 15. The van der Waals surface area contributed by atoms with Crippen molar-refractivity contribution in [2.75, 3.05) is 27.5 Å². The Morgan fingerprint density at radius 2 is 1.53 bits per heavy atom. The third-order valence-corrected chi connectivity index (χ3v) is 8.95. The molecule has 1 unspecified atom stereocenters. The predicted molar refractivity (Wildman–Crippen MR) is 179 cm³/mol. The summed E-state index contributed by atoms with van der Waals surface area (Å²) in [5.74, 6) is 0.830. The van der Waals surface area contributed by atoms with E-state index in [1.807, 2.05) is 36.4 Å². The van der Waals surface area contributed by atoms with Crippen LogP contribution in [0.5, 0.6) is 11.8 Å². The summed E-state index contributed by atoms with van der Waals surface area (Å²) in [5.41, 5.74) is 5.00. The minimum atomic E-state index is -0.542. The van der Waals surface area contributed by atoms with Crippen molar-refractivity contribution in [2.24, 2.45) is 0 Å². The van der Waals surface area contributed by atoms with E-state index in [-0.39, 0.29) is 37.4 Å². The zero-order valence-electron chi connectivity index (χ0n) is 26.2. The van der Waals surface area contributed by atoms with Gasteiger partial charge in [-0.15, -0.1) is 0 Å². The van der Waals surface area contributed by atoms with Crippen LogP contribution in [0.2, 0.25) is 10.0 Å². The van der Waals surface area contributed by atoms with Gasteiger partial charge in [0.15, 0.2) is 0 Å². The molecule has 3 N–H and O–H groups in total. The number of hydrogen-bond acceptors (Lipinski definition) is 9. The first-order valence-corrected chi connectivity index (χ1v) is 16.2. The van der Waals surface area contributed by atoms with Crippen molar-refractivity contribution in [1.29, 1.82) is 0 Å². The molecule has 5 rings (SSSR count). The lowest BCUT2D eigenvalue weighted by Crippen LogP contribution is -2.32. The molecule has 1 fully saturated rings. The molecular weight excluding hydrogens is 646 g/mol. The summed E-state index contributed by atoms with van der Waals surface area (Å²) in [7, 11) is 3.06. The molecule has 2 aromatic heterocycles. The normalized spacial score (nSPS) is 15.0. The second-order valence-electron chi connectivity index (χ2n) is 11.2. The van der Waals surface area contributed by atoms with Gasteiger partial charge < -0.3 is 25.2 Å². The van der Waals surface area contributed by atoms with Crippen LogP contribution in [0.1, 0.15) is 43.5 Å². The minimum absolute atomic E-state index is 0.112. The third kappa shape index (κ3) is 8.16. The Morgan fingerprint density at radius 1 is 0.957 bits per heavy atom. The fourth-order valence-corrected chi connectivity index (χ4v) is 6.24. The minimum Gasteiger partial charge on any atom is -0.480 e. The molecule has 1 aliphatic heterocycles. The van der Waals surface area contributed by atoms with Gasteiger partial charge in [0.05, 0.1) is 61.3 Å². The molecule has 0 saturated carbocycles. The molecule has 1 amide bonds. The van der Waals surface area contributed by atoms with Crippen LogP contribution >= 0.6 is 23.2 Å². The maximum atomic E-state index is 12.8. The fourth-order valence-electron chi connectivity index (χ4n) is 5.59. The molecule has 2 aromatic carbocycles. The summed E-state index contributed by atoms with van der Waals surface area (Å²) in [5, 5.41) is 16.4. The molecule has 0 spiro atoms. The number of nitrogens with zero attached hydrogens (tertiary/aromatic N) is 4. The number of aryl methyl sites for hydroxylation is 1. The van der Waals surface area contributed by atoms with Gasteiger partial charge in [-0.05, 0) is 32.1 Å². The molecule has 4 aromatic rings. The lowest BCUT2D eigenvalue weighted by molar-refractivity contribution is -0.119. The Balaban J connectivity index is 1.38. The van der Waals surface area contributed by atoms with Gasteiger partial charge in [-0.25, -0.2) is 9.97 Å². The van der Waals surface area contributed by atoms with Gasteiger partial charge in [-0.2, -0.15) is 0 Å². The Morgan fingerprint density at radius 3 is 2.06 bits per heavy atom. The first kappa shape index (κ1) is 34.4. The zero-order chi connectivity index (χ0) is 33.3. The molecule has 3 heterocycles. The fraction of sp³-hybridized carbons (Fsp3) is 0.382. The first-order valence-electron chi connectivity index (χ1n) is 15.4.